The third-order valence-corrected chi connectivity index (χ3v) is 7.90. The summed E-state index contributed by atoms with van der Waals surface area (Å²) in [6, 6.07) is 3.97. The summed E-state index contributed by atoms with van der Waals surface area (Å²) in [5, 5.41) is 3.57. The van der Waals surface area contributed by atoms with E-state index >= 15 is 0 Å². The Balaban J connectivity index is 1.44. The summed E-state index contributed by atoms with van der Waals surface area (Å²) in [7, 11) is 1.81. The van der Waals surface area contributed by atoms with Gasteiger partial charge in [-0.05, 0) is 42.7 Å². The SMILES string of the molecule is Cn1c(SCc2coc(-c3cccs3)n2)nc2sc3c(c2c1=O)CCCC3. The van der Waals surface area contributed by atoms with Gasteiger partial charge in [-0.25, -0.2) is 9.97 Å². The second-order valence-corrected chi connectivity index (χ2v) is 9.53. The first-order valence-corrected chi connectivity index (χ1v) is 11.5. The monoisotopic (exact) mass is 415 g/mol. The third-order valence-electron chi connectivity index (χ3n) is 4.79. The average molecular weight is 416 g/mol. The Bertz CT molecular complexity index is 1170. The fraction of sp³-hybridized carbons (Fsp3) is 0.316. The molecule has 0 spiro atoms. The van der Waals surface area contributed by atoms with Crippen LogP contribution in [0.1, 0.15) is 29.0 Å². The van der Waals surface area contributed by atoms with Gasteiger partial charge in [-0.2, -0.15) is 0 Å². The fourth-order valence-electron chi connectivity index (χ4n) is 3.42. The van der Waals surface area contributed by atoms with Gasteiger partial charge in [0.05, 0.1) is 16.0 Å². The number of aromatic nitrogens is 3. The van der Waals surface area contributed by atoms with Gasteiger partial charge in [-0.1, -0.05) is 17.8 Å². The van der Waals surface area contributed by atoms with E-state index in [0.717, 1.165) is 45.2 Å². The fourth-order valence-corrected chi connectivity index (χ4v) is 6.23. The van der Waals surface area contributed by atoms with Crippen LogP contribution in [-0.4, -0.2) is 14.5 Å². The molecule has 0 unspecified atom stereocenters. The quantitative estimate of drug-likeness (QED) is 0.351. The Hall–Kier alpha value is -1.90. The van der Waals surface area contributed by atoms with Gasteiger partial charge in [0.25, 0.3) is 5.56 Å². The van der Waals surface area contributed by atoms with Crippen LogP contribution >= 0.6 is 34.4 Å². The van der Waals surface area contributed by atoms with E-state index in [2.05, 4.69) is 4.98 Å². The standard InChI is InChI=1S/C19H17N3O2S3/c1-22-18(23)15-12-5-2-3-6-13(12)27-17(15)21-19(22)26-10-11-9-24-16(20-11)14-7-4-8-25-14/h4,7-9H,2-3,5-6,10H2,1H3. The van der Waals surface area contributed by atoms with Crippen LogP contribution in [0.4, 0.5) is 0 Å². The Morgan fingerprint density at radius 2 is 2.19 bits per heavy atom. The number of thiophene rings is 2. The van der Waals surface area contributed by atoms with Gasteiger partial charge < -0.3 is 4.42 Å². The molecule has 0 aliphatic heterocycles. The van der Waals surface area contributed by atoms with Crippen LogP contribution in [0.15, 0.2) is 38.1 Å². The lowest BCUT2D eigenvalue weighted by atomic mass is 9.97. The maximum absolute atomic E-state index is 12.9. The zero-order valence-electron chi connectivity index (χ0n) is 14.7. The van der Waals surface area contributed by atoms with Crippen molar-refractivity contribution >= 4 is 44.7 Å². The van der Waals surface area contributed by atoms with E-state index in [1.807, 2.05) is 24.6 Å². The number of hydrogen-bond acceptors (Lipinski definition) is 7. The predicted octanol–water partition coefficient (Wildman–Crippen LogP) is 4.88. The van der Waals surface area contributed by atoms with Crippen molar-refractivity contribution in [3.05, 3.63) is 50.3 Å². The molecule has 0 amide bonds. The minimum absolute atomic E-state index is 0.0707. The van der Waals surface area contributed by atoms with Gasteiger partial charge >= 0.3 is 0 Å². The zero-order valence-corrected chi connectivity index (χ0v) is 17.2. The van der Waals surface area contributed by atoms with Crippen molar-refractivity contribution in [1.29, 1.82) is 0 Å². The molecule has 0 fully saturated rings. The third kappa shape index (κ3) is 3.05. The van der Waals surface area contributed by atoms with Crippen molar-refractivity contribution in [2.24, 2.45) is 7.05 Å². The molecule has 0 saturated carbocycles. The molecule has 5 nitrogen and oxygen atoms in total. The summed E-state index contributed by atoms with van der Waals surface area (Å²) in [5.41, 5.74) is 2.16. The van der Waals surface area contributed by atoms with Gasteiger partial charge in [0.1, 0.15) is 11.1 Å². The Kier molecular flexibility index (Phi) is 4.41. The topological polar surface area (TPSA) is 60.9 Å². The van der Waals surface area contributed by atoms with Gasteiger partial charge in [0.15, 0.2) is 5.16 Å². The Morgan fingerprint density at radius 3 is 3.04 bits per heavy atom. The van der Waals surface area contributed by atoms with E-state index in [9.17, 15) is 4.79 Å². The highest BCUT2D eigenvalue weighted by molar-refractivity contribution is 7.98. The highest BCUT2D eigenvalue weighted by atomic mass is 32.2. The van der Waals surface area contributed by atoms with Gasteiger partial charge in [0.2, 0.25) is 5.89 Å². The number of fused-ring (bicyclic) bond motifs is 3. The summed E-state index contributed by atoms with van der Waals surface area (Å²) in [4.78, 5) is 25.5. The van der Waals surface area contributed by atoms with E-state index in [1.54, 1.807) is 33.5 Å². The molecule has 4 heterocycles. The largest absolute Gasteiger partial charge is 0.444 e. The lowest BCUT2D eigenvalue weighted by molar-refractivity contribution is 0.575. The van der Waals surface area contributed by atoms with Crippen molar-refractivity contribution in [3.63, 3.8) is 0 Å². The second kappa shape index (κ2) is 6.92. The van der Waals surface area contributed by atoms with Crippen LogP contribution in [0.25, 0.3) is 21.0 Å². The van der Waals surface area contributed by atoms with E-state index in [0.29, 0.717) is 11.6 Å². The van der Waals surface area contributed by atoms with E-state index in [1.165, 1.54) is 28.6 Å². The number of aryl methyl sites for hydroxylation is 2. The Morgan fingerprint density at radius 1 is 1.30 bits per heavy atom. The molecule has 0 atom stereocenters. The molecule has 27 heavy (non-hydrogen) atoms. The van der Waals surface area contributed by atoms with Crippen LogP contribution in [0.2, 0.25) is 0 Å². The van der Waals surface area contributed by atoms with E-state index < -0.39 is 0 Å². The summed E-state index contributed by atoms with van der Waals surface area (Å²) in [6.45, 7) is 0. The molecule has 1 aliphatic rings. The predicted molar refractivity (Wildman–Crippen MR) is 111 cm³/mol. The molecule has 0 radical (unpaired) electrons. The summed E-state index contributed by atoms with van der Waals surface area (Å²) < 4.78 is 7.25. The summed E-state index contributed by atoms with van der Waals surface area (Å²) in [6.07, 6.45) is 6.13. The molecule has 8 heteroatoms. The lowest BCUT2D eigenvalue weighted by Gasteiger charge is -2.10. The number of rotatable bonds is 4. The number of nitrogens with zero attached hydrogens (tertiary/aromatic N) is 3. The van der Waals surface area contributed by atoms with Crippen LogP contribution in [0.3, 0.4) is 0 Å². The molecular formula is C19H17N3O2S3. The summed E-state index contributed by atoms with van der Waals surface area (Å²) >= 11 is 4.82. The van der Waals surface area contributed by atoms with Gasteiger partial charge in [-0.15, -0.1) is 22.7 Å². The molecule has 138 valence electrons. The average Bonchev–Trinajstić information content (AvgIpc) is 3.42. The first-order valence-electron chi connectivity index (χ1n) is 8.83. The maximum atomic E-state index is 12.9. The first kappa shape index (κ1) is 17.2. The Labute approximate surface area is 168 Å². The molecule has 4 aromatic rings. The maximum Gasteiger partial charge on any atom is 0.262 e. The molecule has 0 saturated heterocycles. The van der Waals surface area contributed by atoms with Crippen LogP contribution in [0, 0.1) is 0 Å². The van der Waals surface area contributed by atoms with Crippen molar-refractivity contribution in [3.8, 4) is 10.8 Å². The van der Waals surface area contributed by atoms with Crippen molar-refractivity contribution in [1.82, 2.24) is 14.5 Å². The molecule has 0 bridgehead atoms. The van der Waals surface area contributed by atoms with Crippen LogP contribution < -0.4 is 5.56 Å². The molecule has 4 aromatic heterocycles. The van der Waals surface area contributed by atoms with E-state index in [-0.39, 0.29) is 5.56 Å². The molecule has 5 rings (SSSR count). The normalized spacial score (nSPS) is 14.0. The van der Waals surface area contributed by atoms with E-state index in [4.69, 9.17) is 9.40 Å². The highest BCUT2D eigenvalue weighted by Crippen LogP contribution is 2.35. The molecule has 0 N–H and O–H groups in total. The van der Waals surface area contributed by atoms with Crippen LogP contribution in [0.5, 0.6) is 0 Å². The smallest absolute Gasteiger partial charge is 0.262 e. The minimum Gasteiger partial charge on any atom is -0.444 e. The van der Waals surface area contributed by atoms with Gasteiger partial charge in [-0.3, -0.25) is 9.36 Å². The number of thioether (sulfide) groups is 1. The van der Waals surface area contributed by atoms with Gasteiger partial charge in [0, 0.05) is 17.7 Å². The summed E-state index contributed by atoms with van der Waals surface area (Å²) in [5.74, 6) is 1.26. The number of hydrogen-bond donors (Lipinski definition) is 0. The molecule has 0 aromatic carbocycles. The van der Waals surface area contributed by atoms with Crippen LogP contribution in [-0.2, 0) is 25.6 Å². The zero-order chi connectivity index (χ0) is 18.4. The lowest BCUT2D eigenvalue weighted by Crippen LogP contribution is -2.20. The second-order valence-electron chi connectivity index (χ2n) is 6.56. The first-order chi connectivity index (χ1) is 13.2. The van der Waals surface area contributed by atoms with Crippen molar-refractivity contribution in [2.45, 2.75) is 36.6 Å². The minimum atomic E-state index is 0.0707. The van der Waals surface area contributed by atoms with Crippen molar-refractivity contribution in [2.75, 3.05) is 0 Å². The number of oxazole rings is 1. The van der Waals surface area contributed by atoms with Crippen molar-refractivity contribution < 1.29 is 4.42 Å². The molecular weight excluding hydrogens is 398 g/mol. The molecule has 1 aliphatic carbocycles. The highest BCUT2D eigenvalue weighted by Gasteiger charge is 2.21.